The minimum atomic E-state index is 0.233. The second kappa shape index (κ2) is 5.77. The van der Waals surface area contributed by atoms with E-state index in [-0.39, 0.29) is 12.2 Å². The molecule has 0 aromatic heterocycles. The van der Waals surface area contributed by atoms with Gasteiger partial charge in [-0.05, 0) is 29.3 Å². The van der Waals surface area contributed by atoms with Crippen molar-refractivity contribution in [2.75, 3.05) is 0 Å². The van der Waals surface area contributed by atoms with Crippen LogP contribution in [0.25, 0.3) is 0 Å². The maximum atomic E-state index is 6.26. The molecule has 4 unspecified atom stereocenters. The average molecular weight is 349 g/mol. The van der Waals surface area contributed by atoms with Gasteiger partial charge in [0.15, 0.2) is 0 Å². The summed E-state index contributed by atoms with van der Waals surface area (Å²) in [6.45, 7) is 0. The zero-order valence-electron chi connectivity index (χ0n) is 14.8. The van der Waals surface area contributed by atoms with Crippen LogP contribution in [0.4, 0.5) is 5.69 Å². The number of aliphatic imine (C=N–C) groups is 1. The third-order valence-corrected chi connectivity index (χ3v) is 5.98. The third-order valence-electron chi connectivity index (χ3n) is 5.98. The van der Waals surface area contributed by atoms with Crippen LogP contribution in [-0.4, -0.2) is 5.71 Å². The molecule has 4 atom stereocenters. The lowest BCUT2D eigenvalue weighted by Gasteiger charge is -2.08. The SMILES string of the molecule is C(=C1C2C3OC(c4ccccc43)C12)C(=Nc1ccccc1)c1ccccc1. The number of hydrogen-bond acceptors (Lipinski definition) is 2. The van der Waals surface area contributed by atoms with Gasteiger partial charge in [-0.3, -0.25) is 0 Å². The standard InChI is InChI=1S/C25H19NO/c1-3-9-16(10-4-1)21(26-17-11-5-2-6-12-17)15-20-22-23(20)25-19-14-8-7-13-18(19)24(22)27-25/h1-15,22-25H. The molecule has 3 aromatic rings. The number of benzene rings is 3. The van der Waals surface area contributed by atoms with Crippen molar-refractivity contribution in [1.29, 1.82) is 0 Å². The normalized spacial score (nSPS) is 27.3. The lowest BCUT2D eigenvalue weighted by Crippen LogP contribution is -1.99. The maximum Gasteiger partial charge on any atom is 0.0909 e. The predicted octanol–water partition coefficient (Wildman–Crippen LogP) is 5.81. The molecular formula is C25H19NO. The van der Waals surface area contributed by atoms with Gasteiger partial charge in [-0.1, -0.05) is 78.4 Å². The van der Waals surface area contributed by atoms with E-state index in [0.29, 0.717) is 11.8 Å². The first kappa shape index (κ1) is 15.1. The summed E-state index contributed by atoms with van der Waals surface area (Å²) in [4.78, 5) is 4.96. The van der Waals surface area contributed by atoms with E-state index in [4.69, 9.17) is 9.73 Å². The smallest absolute Gasteiger partial charge is 0.0909 e. The van der Waals surface area contributed by atoms with Crippen molar-refractivity contribution < 1.29 is 4.74 Å². The van der Waals surface area contributed by atoms with Crippen LogP contribution in [-0.2, 0) is 4.74 Å². The molecule has 3 aromatic carbocycles. The molecule has 1 saturated carbocycles. The van der Waals surface area contributed by atoms with E-state index in [1.54, 1.807) is 0 Å². The topological polar surface area (TPSA) is 21.6 Å². The zero-order chi connectivity index (χ0) is 17.8. The van der Waals surface area contributed by atoms with Gasteiger partial charge in [0, 0.05) is 17.4 Å². The van der Waals surface area contributed by atoms with E-state index in [2.05, 4.69) is 66.7 Å². The molecule has 2 bridgehead atoms. The lowest BCUT2D eigenvalue weighted by molar-refractivity contribution is 0.0487. The van der Waals surface area contributed by atoms with Gasteiger partial charge in [0.2, 0.25) is 0 Å². The van der Waals surface area contributed by atoms with Gasteiger partial charge in [0.25, 0.3) is 0 Å². The van der Waals surface area contributed by atoms with Crippen LogP contribution in [0.2, 0.25) is 0 Å². The zero-order valence-corrected chi connectivity index (χ0v) is 14.8. The molecule has 27 heavy (non-hydrogen) atoms. The molecule has 3 aliphatic rings. The summed E-state index contributed by atoms with van der Waals surface area (Å²) >= 11 is 0. The minimum Gasteiger partial charge on any atom is -0.364 e. The Balaban J connectivity index is 1.40. The number of para-hydroxylation sites is 1. The first-order valence-corrected chi connectivity index (χ1v) is 9.55. The monoisotopic (exact) mass is 349 g/mol. The Morgan fingerprint density at radius 3 is 1.89 bits per heavy atom. The largest absolute Gasteiger partial charge is 0.364 e. The first-order chi connectivity index (χ1) is 13.4. The number of hydrogen-bond donors (Lipinski definition) is 0. The van der Waals surface area contributed by atoms with E-state index in [1.807, 2.05) is 24.3 Å². The van der Waals surface area contributed by atoms with Crippen LogP contribution in [0.15, 0.2) is 102 Å². The first-order valence-electron chi connectivity index (χ1n) is 9.55. The van der Waals surface area contributed by atoms with Gasteiger partial charge >= 0.3 is 0 Å². The summed E-state index contributed by atoms with van der Waals surface area (Å²) in [5.41, 5.74) is 7.44. The van der Waals surface area contributed by atoms with Gasteiger partial charge in [-0.15, -0.1) is 0 Å². The van der Waals surface area contributed by atoms with Crippen molar-refractivity contribution in [2.45, 2.75) is 12.2 Å². The third kappa shape index (κ3) is 2.34. The Morgan fingerprint density at radius 2 is 1.26 bits per heavy atom. The molecule has 0 spiro atoms. The molecule has 6 rings (SSSR count). The molecule has 2 heteroatoms. The van der Waals surface area contributed by atoms with Crippen molar-refractivity contribution in [2.24, 2.45) is 16.8 Å². The number of rotatable bonds is 3. The molecule has 2 fully saturated rings. The Morgan fingerprint density at radius 1 is 0.704 bits per heavy atom. The van der Waals surface area contributed by atoms with Crippen molar-refractivity contribution in [3.63, 3.8) is 0 Å². The van der Waals surface area contributed by atoms with Gasteiger partial charge in [-0.25, -0.2) is 4.99 Å². The highest BCUT2D eigenvalue weighted by Crippen LogP contribution is 2.72. The van der Waals surface area contributed by atoms with E-state index >= 15 is 0 Å². The molecule has 0 amide bonds. The molecule has 2 heterocycles. The number of allylic oxidation sites excluding steroid dienone is 1. The fourth-order valence-corrected chi connectivity index (χ4v) is 4.72. The highest BCUT2D eigenvalue weighted by molar-refractivity contribution is 6.10. The van der Waals surface area contributed by atoms with Gasteiger partial charge in [-0.2, -0.15) is 0 Å². The quantitative estimate of drug-likeness (QED) is 0.547. The summed E-state index contributed by atoms with van der Waals surface area (Å²) in [6.07, 6.45) is 2.78. The van der Waals surface area contributed by atoms with Crippen LogP contribution in [0, 0.1) is 11.8 Å². The Hall–Kier alpha value is -2.97. The van der Waals surface area contributed by atoms with E-state index in [9.17, 15) is 0 Å². The van der Waals surface area contributed by atoms with E-state index < -0.39 is 0 Å². The molecule has 2 nitrogen and oxygen atoms in total. The maximum absolute atomic E-state index is 6.26. The second-order valence-electron chi connectivity index (χ2n) is 7.50. The lowest BCUT2D eigenvalue weighted by atomic mass is 9.92. The van der Waals surface area contributed by atoms with Crippen LogP contribution >= 0.6 is 0 Å². The fourth-order valence-electron chi connectivity index (χ4n) is 4.72. The summed E-state index contributed by atoms with van der Waals surface area (Å²) in [5, 5.41) is 0. The molecule has 0 N–H and O–H groups in total. The van der Waals surface area contributed by atoms with Crippen molar-refractivity contribution in [1.82, 2.24) is 0 Å². The number of nitrogens with zero attached hydrogens (tertiary/aromatic N) is 1. The van der Waals surface area contributed by atoms with Crippen LogP contribution in [0.3, 0.4) is 0 Å². The summed E-state index contributed by atoms with van der Waals surface area (Å²) < 4.78 is 6.26. The van der Waals surface area contributed by atoms with E-state index in [0.717, 1.165) is 17.0 Å². The van der Waals surface area contributed by atoms with Gasteiger partial charge < -0.3 is 4.74 Å². The van der Waals surface area contributed by atoms with Crippen molar-refractivity contribution >= 4 is 11.4 Å². The summed E-state index contributed by atoms with van der Waals surface area (Å²) in [6, 6.07) is 29.4. The minimum absolute atomic E-state index is 0.233. The Bertz CT molecular complexity index is 1030. The molecule has 1 saturated heterocycles. The second-order valence-corrected chi connectivity index (χ2v) is 7.50. The number of ether oxygens (including phenoxy) is 1. The molecule has 130 valence electrons. The van der Waals surface area contributed by atoms with Crippen LogP contribution in [0.1, 0.15) is 28.9 Å². The average Bonchev–Trinajstić information content (AvgIpc) is 3.14. The predicted molar refractivity (Wildman–Crippen MR) is 107 cm³/mol. The van der Waals surface area contributed by atoms with Crippen LogP contribution in [0.5, 0.6) is 0 Å². The van der Waals surface area contributed by atoms with Crippen molar-refractivity contribution in [3.8, 4) is 0 Å². The van der Waals surface area contributed by atoms with E-state index in [1.165, 1.54) is 16.7 Å². The Kier molecular flexibility index (Phi) is 3.23. The van der Waals surface area contributed by atoms with Crippen LogP contribution < -0.4 is 0 Å². The molecule has 1 aliphatic carbocycles. The fraction of sp³-hybridized carbons (Fsp3) is 0.160. The summed E-state index contributed by atoms with van der Waals surface area (Å²) in [5.74, 6) is 1.05. The van der Waals surface area contributed by atoms with Crippen molar-refractivity contribution in [3.05, 3.63) is 113 Å². The highest BCUT2D eigenvalue weighted by atomic mass is 16.5. The molecular weight excluding hydrogens is 330 g/mol. The van der Waals surface area contributed by atoms with Gasteiger partial charge in [0.05, 0.1) is 23.6 Å². The summed E-state index contributed by atoms with van der Waals surface area (Å²) in [7, 11) is 0. The molecule has 2 aliphatic heterocycles. The highest BCUT2D eigenvalue weighted by Gasteiger charge is 2.65. The molecule has 0 radical (unpaired) electrons. The Labute approximate surface area is 158 Å². The van der Waals surface area contributed by atoms with Gasteiger partial charge in [0.1, 0.15) is 0 Å². The number of fused-ring (bicyclic) bond motifs is 8.